The van der Waals surface area contributed by atoms with Gasteiger partial charge < -0.3 is 8.22 Å². The summed E-state index contributed by atoms with van der Waals surface area (Å²) in [5.74, 6) is 0. The van der Waals surface area contributed by atoms with E-state index in [4.69, 9.17) is 0 Å². The van der Waals surface area contributed by atoms with Crippen molar-refractivity contribution in [2.75, 3.05) is 26.7 Å². The normalized spacial score (nSPS) is 14.6. The SMILES string of the molecule is CP(C)P(C)(C)=C([Si](C)(C)F)[Si](C)(C)F. The fraction of sp³-hybridized carbons (Fsp3) is 0.889. The van der Waals surface area contributed by atoms with Crippen molar-refractivity contribution in [3.8, 4) is 0 Å². The van der Waals surface area contributed by atoms with Crippen molar-refractivity contribution in [3.05, 3.63) is 0 Å². The lowest BCUT2D eigenvalue weighted by Gasteiger charge is -2.35. The zero-order chi connectivity index (χ0) is 12.7. The Hall–Kier alpha value is 1.02. The summed E-state index contributed by atoms with van der Waals surface area (Å²) in [7, 11) is -6.15. The summed E-state index contributed by atoms with van der Waals surface area (Å²) in [6, 6.07) is 0. The van der Waals surface area contributed by atoms with Crippen LogP contribution in [0.1, 0.15) is 0 Å². The smallest absolute Gasteiger partial charge is 0.266 e. The average molecular weight is 288 g/mol. The lowest BCUT2D eigenvalue weighted by atomic mass is 11.7. The van der Waals surface area contributed by atoms with E-state index in [0.717, 1.165) is 4.54 Å². The highest BCUT2D eigenvalue weighted by atomic mass is 32.1. The van der Waals surface area contributed by atoms with Gasteiger partial charge in [-0.2, -0.15) is 0 Å². The molecule has 0 aromatic carbocycles. The number of hydrogen-bond acceptors (Lipinski definition) is 0. The van der Waals surface area contributed by atoms with E-state index in [1.807, 2.05) is 0 Å². The summed E-state index contributed by atoms with van der Waals surface area (Å²) in [4.78, 5) is 0. The Morgan fingerprint density at radius 1 is 0.933 bits per heavy atom. The summed E-state index contributed by atoms with van der Waals surface area (Å²) in [6.07, 6.45) is 0. The van der Waals surface area contributed by atoms with Crippen LogP contribution in [-0.2, 0) is 0 Å². The Labute approximate surface area is 96.8 Å². The topological polar surface area (TPSA) is 0 Å². The van der Waals surface area contributed by atoms with Crippen LogP contribution in [0, 0.1) is 0 Å². The van der Waals surface area contributed by atoms with Crippen LogP contribution in [0.25, 0.3) is 0 Å². The van der Waals surface area contributed by atoms with Crippen LogP contribution < -0.4 is 0 Å². The van der Waals surface area contributed by atoms with Gasteiger partial charge in [-0.15, -0.1) is 0 Å². The highest BCUT2D eigenvalue weighted by Crippen LogP contribution is 2.70. The number of hydrogen-bond donors (Lipinski definition) is 0. The van der Waals surface area contributed by atoms with Gasteiger partial charge in [0, 0.05) is 0 Å². The van der Waals surface area contributed by atoms with Crippen molar-refractivity contribution in [1.82, 2.24) is 0 Å². The molecule has 0 aromatic heterocycles. The van der Waals surface area contributed by atoms with Gasteiger partial charge in [-0.05, 0) is 57.4 Å². The van der Waals surface area contributed by atoms with Crippen molar-refractivity contribution < 1.29 is 8.22 Å². The van der Waals surface area contributed by atoms with E-state index >= 15 is 0 Å². The molecule has 0 saturated carbocycles. The summed E-state index contributed by atoms with van der Waals surface area (Å²) < 4.78 is 29.4. The van der Waals surface area contributed by atoms with E-state index in [0.29, 0.717) is 0 Å². The third kappa shape index (κ3) is 4.07. The summed E-state index contributed by atoms with van der Waals surface area (Å²) in [5.41, 5.74) is 0. The van der Waals surface area contributed by atoms with E-state index < -0.39 is 23.4 Å². The van der Waals surface area contributed by atoms with Crippen LogP contribution in [0.3, 0.4) is 0 Å². The van der Waals surface area contributed by atoms with Gasteiger partial charge in [0.15, 0.2) is 0 Å². The standard InChI is InChI=1S/C9H24F2P2Si2/c1-12(2)13(3,4)9(14(5,6)10)15(7,8)11/h1-8H3. The van der Waals surface area contributed by atoms with Crippen LogP contribution in [0.2, 0.25) is 26.2 Å². The van der Waals surface area contributed by atoms with Gasteiger partial charge in [-0.3, -0.25) is 0 Å². The van der Waals surface area contributed by atoms with E-state index in [9.17, 15) is 8.22 Å². The van der Waals surface area contributed by atoms with Crippen molar-refractivity contribution in [2.24, 2.45) is 0 Å². The van der Waals surface area contributed by atoms with E-state index in [2.05, 4.69) is 26.7 Å². The number of rotatable bonds is 3. The molecule has 0 amide bonds. The molecule has 0 unspecified atom stereocenters. The third-order valence-electron chi connectivity index (χ3n) is 2.67. The van der Waals surface area contributed by atoms with Crippen LogP contribution in [0.15, 0.2) is 0 Å². The molecule has 0 atom stereocenters. The van der Waals surface area contributed by atoms with Crippen molar-refractivity contribution in [2.45, 2.75) is 26.2 Å². The monoisotopic (exact) mass is 288 g/mol. The molecule has 0 spiro atoms. The Balaban J connectivity index is 5.92. The van der Waals surface area contributed by atoms with Gasteiger partial charge in [-0.25, -0.2) is 0 Å². The molecule has 0 heterocycles. The largest absolute Gasteiger partial charge is 0.309 e. The minimum Gasteiger partial charge on any atom is -0.309 e. The maximum absolute atomic E-state index is 14.3. The van der Waals surface area contributed by atoms with Gasteiger partial charge in [0.1, 0.15) is 0 Å². The first-order valence-electron chi connectivity index (χ1n) is 5.09. The molecule has 0 fully saturated rings. The maximum atomic E-state index is 14.3. The summed E-state index contributed by atoms with van der Waals surface area (Å²) in [6.45, 7) is 13.6. The Morgan fingerprint density at radius 2 is 1.20 bits per heavy atom. The molecule has 92 valence electrons. The Bertz CT molecular complexity index is 265. The van der Waals surface area contributed by atoms with Gasteiger partial charge >= 0.3 is 0 Å². The van der Waals surface area contributed by atoms with Gasteiger partial charge in [0.2, 0.25) is 0 Å². The Kier molecular flexibility index (Phi) is 5.04. The first kappa shape index (κ1) is 16.0. The zero-order valence-corrected chi connectivity index (χ0v) is 14.9. The second kappa shape index (κ2) is 4.72. The predicted octanol–water partition coefficient (Wildman–Crippen LogP) is 4.52. The molecule has 0 nitrogen and oxygen atoms in total. The van der Waals surface area contributed by atoms with Crippen molar-refractivity contribution >= 4 is 35.5 Å². The minimum atomic E-state index is -2.95. The quantitative estimate of drug-likeness (QED) is 0.407. The molecule has 0 radical (unpaired) electrons. The zero-order valence-electron chi connectivity index (χ0n) is 11.2. The third-order valence-corrected chi connectivity index (χ3v) is 25.9. The van der Waals surface area contributed by atoms with Crippen molar-refractivity contribution in [1.29, 1.82) is 0 Å². The van der Waals surface area contributed by atoms with Crippen LogP contribution in [-0.4, -0.2) is 48.0 Å². The maximum Gasteiger partial charge on any atom is 0.266 e. The molecular weight excluding hydrogens is 264 g/mol. The highest BCUT2D eigenvalue weighted by Gasteiger charge is 2.44. The first-order chi connectivity index (χ1) is 6.31. The van der Waals surface area contributed by atoms with Crippen LogP contribution in [0.5, 0.6) is 0 Å². The lowest BCUT2D eigenvalue weighted by Crippen LogP contribution is -2.48. The Morgan fingerprint density at radius 3 is 1.27 bits per heavy atom. The number of halogens is 2. The van der Waals surface area contributed by atoms with E-state index in [-0.39, 0.29) is 7.61 Å². The fourth-order valence-corrected chi connectivity index (χ4v) is 27.8. The molecule has 6 heteroatoms. The first-order valence-corrected chi connectivity index (χ1v) is 16.5. The second-order valence-corrected chi connectivity index (χ2v) is 24.1. The van der Waals surface area contributed by atoms with Gasteiger partial charge in [0.25, 0.3) is 16.8 Å². The fourth-order valence-electron chi connectivity index (χ4n) is 2.21. The molecule has 0 aromatic rings. The molecule has 0 bridgehead atoms. The summed E-state index contributed by atoms with van der Waals surface area (Å²) in [5, 5.41) is 0. The summed E-state index contributed by atoms with van der Waals surface area (Å²) >= 11 is 0. The minimum absolute atomic E-state index is 0.248. The molecular formula is C9H24F2P2Si2. The molecule has 0 aliphatic heterocycles. The average Bonchev–Trinajstić information content (AvgIpc) is 1.76. The molecule has 0 saturated heterocycles. The lowest BCUT2D eigenvalue weighted by molar-refractivity contribution is 0.815. The predicted molar refractivity (Wildman–Crippen MR) is 79.7 cm³/mol. The van der Waals surface area contributed by atoms with Gasteiger partial charge in [0.05, 0.1) is 0 Å². The van der Waals surface area contributed by atoms with Gasteiger partial charge in [-0.1, -0.05) is 14.2 Å². The van der Waals surface area contributed by atoms with Crippen LogP contribution in [0.4, 0.5) is 8.22 Å². The van der Waals surface area contributed by atoms with E-state index in [1.165, 1.54) is 0 Å². The van der Waals surface area contributed by atoms with Crippen LogP contribution >= 0.6 is 14.2 Å². The van der Waals surface area contributed by atoms with E-state index in [1.54, 1.807) is 26.2 Å². The molecule has 0 rings (SSSR count). The second-order valence-electron chi connectivity index (χ2n) is 5.54. The molecule has 15 heavy (non-hydrogen) atoms. The molecule has 0 aliphatic rings. The molecule has 0 N–H and O–H groups in total. The highest BCUT2D eigenvalue weighted by molar-refractivity contribution is 8.39. The molecule has 0 aliphatic carbocycles. The van der Waals surface area contributed by atoms with Crippen molar-refractivity contribution in [3.63, 3.8) is 0 Å².